The van der Waals surface area contributed by atoms with E-state index in [1.807, 2.05) is 19.9 Å². The third kappa shape index (κ3) is 15.9. The summed E-state index contributed by atoms with van der Waals surface area (Å²) in [6, 6.07) is 0. The Labute approximate surface area is 264 Å². The van der Waals surface area contributed by atoms with Crippen molar-refractivity contribution in [1.29, 1.82) is 0 Å². The van der Waals surface area contributed by atoms with Gasteiger partial charge in [0, 0.05) is 32.5 Å². The molecule has 0 bridgehead atoms. The maximum Gasteiger partial charge on any atom is 0.316 e. The Kier molecular flexibility index (Phi) is 20.5. The Morgan fingerprint density at radius 1 is 0.977 bits per heavy atom. The minimum Gasteiger partial charge on any atom is -0.465 e. The number of Topliss-reactive ketones (excluding diaryl/α,β-unsaturated/α-hetero) is 1. The predicted molar refractivity (Wildman–Crippen MR) is 170 cm³/mol. The fourth-order valence-corrected chi connectivity index (χ4v) is 5.69. The zero-order valence-corrected chi connectivity index (χ0v) is 27.8. The van der Waals surface area contributed by atoms with Crippen molar-refractivity contribution in [2.75, 3.05) is 34.0 Å². The number of carbonyl (C=O) groups excluding carboxylic acids is 3. The van der Waals surface area contributed by atoms with E-state index in [0.717, 1.165) is 18.4 Å². The van der Waals surface area contributed by atoms with Gasteiger partial charge < -0.3 is 34.3 Å². The van der Waals surface area contributed by atoms with E-state index in [1.165, 1.54) is 0 Å². The lowest BCUT2D eigenvalue weighted by atomic mass is 9.87. The molecule has 1 heterocycles. The zero-order chi connectivity index (χ0) is 33.1. The first kappa shape index (κ1) is 40.1. The molecule has 10 nitrogen and oxygen atoms in total. The summed E-state index contributed by atoms with van der Waals surface area (Å²) < 4.78 is 16.9. The fraction of sp³-hybridized carbons (Fsp3) is 0.794. The molecule has 0 aromatic carbocycles. The Balaban J connectivity index is 3.15. The quantitative estimate of drug-likeness (QED) is 0.149. The van der Waals surface area contributed by atoms with Crippen molar-refractivity contribution < 1.29 is 43.9 Å². The topological polar surface area (TPSA) is 152 Å². The molecular formula is C34H59NO9. The lowest BCUT2D eigenvalue weighted by Gasteiger charge is -2.28. The second-order valence-corrected chi connectivity index (χ2v) is 12.7. The highest BCUT2D eigenvalue weighted by Gasteiger charge is 2.27. The molecule has 1 aliphatic rings. The molecule has 1 aliphatic heterocycles. The molecule has 0 saturated carbocycles. The number of rotatable bonds is 6. The summed E-state index contributed by atoms with van der Waals surface area (Å²) in [5, 5.41) is 33.8. The number of methoxy groups -OCH3 is 2. The molecule has 0 fully saturated rings. The van der Waals surface area contributed by atoms with Gasteiger partial charge in [0.25, 0.3) is 0 Å². The monoisotopic (exact) mass is 625 g/mol. The maximum atomic E-state index is 13.3. The molecule has 254 valence electrons. The van der Waals surface area contributed by atoms with Crippen LogP contribution in [0.3, 0.4) is 0 Å². The second kappa shape index (κ2) is 22.5. The number of aliphatic hydroxyl groups excluding tert-OH is 3. The minimum atomic E-state index is -1.02. The van der Waals surface area contributed by atoms with Crippen LogP contribution in [-0.2, 0) is 28.6 Å². The first-order valence-electron chi connectivity index (χ1n) is 16.2. The summed E-state index contributed by atoms with van der Waals surface area (Å²) in [4.78, 5) is 37.4. The number of carbonyl (C=O) groups is 3. The summed E-state index contributed by atoms with van der Waals surface area (Å²) in [5.74, 6) is -2.46. The molecule has 0 aromatic rings. The van der Waals surface area contributed by atoms with Crippen LogP contribution in [0.15, 0.2) is 23.8 Å². The molecule has 0 saturated heterocycles. The normalized spacial score (nSPS) is 35.2. The third-order valence-electron chi connectivity index (χ3n) is 8.58. The van der Waals surface area contributed by atoms with E-state index in [2.05, 4.69) is 12.2 Å². The van der Waals surface area contributed by atoms with Crippen molar-refractivity contribution >= 4 is 18.0 Å². The van der Waals surface area contributed by atoms with Crippen molar-refractivity contribution in [1.82, 2.24) is 5.32 Å². The zero-order valence-electron chi connectivity index (χ0n) is 27.8. The third-order valence-corrected chi connectivity index (χ3v) is 8.58. The van der Waals surface area contributed by atoms with E-state index >= 15 is 0 Å². The predicted octanol–water partition coefficient (Wildman–Crippen LogP) is 3.76. The Hall–Kier alpha value is -1.95. The highest BCUT2D eigenvalue weighted by atomic mass is 16.5. The maximum absolute atomic E-state index is 13.3. The molecule has 9 atom stereocenters. The minimum absolute atomic E-state index is 0.0354. The van der Waals surface area contributed by atoms with Crippen LogP contribution in [0, 0.1) is 29.6 Å². The summed E-state index contributed by atoms with van der Waals surface area (Å²) in [6.07, 6.45) is 8.78. The summed E-state index contributed by atoms with van der Waals surface area (Å²) >= 11 is 0. The standard InChI is InChI=1S/C34H59NO9/c1-23-15-24(2)17-29(42-5)19-30(43-6)18-25(3)33(40)35-13-9-7-12-28(21-37)34(41)44-22-26(4)31(38)20-32(39)27(16-23)11-8-10-14-36/h8,10,16,21,24-31,33,35-36,38,40H,7,9,11-15,17-20,22H2,1-6H3/b10-8+,23-16+/t24?,25?,26?,27-,28?,29?,30?,31?,33?/m1/s1. The van der Waals surface area contributed by atoms with Crippen molar-refractivity contribution in [2.24, 2.45) is 29.6 Å². The number of aliphatic hydroxyl groups is 3. The molecule has 1 rings (SSSR count). The van der Waals surface area contributed by atoms with Crippen LogP contribution in [-0.4, -0.2) is 91.9 Å². The molecule has 0 aliphatic carbocycles. The molecule has 8 unspecified atom stereocenters. The second-order valence-electron chi connectivity index (χ2n) is 12.7. The van der Waals surface area contributed by atoms with Gasteiger partial charge in [-0.2, -0.15) is 0 Å². The lowest BCUT2D eigenvalue weighted by Crippen LogP contribution is -2.38. The van der Waals surface area contributed by atoms with E-state index in [4.69, 9.17) is 14.2 Å². The number of hydrogen-bond acceptors (Lipinski definition) is 10. The number of cyclic esters (lactones) is 1. The first-order valence-corrected chi connectivity index (χ1v) is 16.2. The van der Waals surface area contributed by atoms with Gasteiger partial charge in [-0.3, -0.25) is 14.9 Å². The van der Waals surface area contributed by atoms with Crippen LogP contribution in [0.4, 0.5) is 0 Å². The molecule has 10 heteroatoms. The number of esters is 1. The van der Waals surface area contributed by atoms with Gasteiger partial charge in [0.1, 0.15) is 24.2 Å². The molecule has 0 spiro atoms. The smallest absolute Gasteiger partial charge is 0.316 e. The van der Waals surface area contributed by atoms with Gasteiger partial charge in [0.2, 0.25) is 0 Å². The van der Waals surface area contributed by atoms with Crippen molar-refractivity contribution in [3.8, 4) is 0 Å². The van der Waals surface area contributed by atoms with Gasteiger partial charge in [-0.05, 0) is 70.3 Å². The number of hydrogen-bond donors (Lipinski definition) is 4. The van der Waals surface area contributed by atoms with Gasteiger partial charge >= 0.3 is 5.97 Å². The van der Waals surface area contributed by atoms with Crippen molar-refractivity contribution in [3.05, 3.63) is 23.8 Å². The molecule has 0 aromatic heterocycles. The summed E-state index contributed by atoms with van der Waals surface area (Å²) in [7, 11) is 3.37. The molecular weight excluding hydrogens is 566 g/mol. The van der Waals surface area contributed by atoms with Gasteiger partial charge in [-0.15, -0.1) is 0 Å². The summed E-state index contributed by atoms with van der Waals surface area (Å²) in [6.45, 7) is 8.13. The van der Waals surface area contributed by atoms with Crippen LogP contribution >= 0.6 is 0 Å². The van der Waals surface area contributed by atoms with Gasteiger partial charge in [-0.25, -0.2) is 0 Å². The number of nitrogens with one attached hydrogen (secondary N) is 1. The van der Waals surface area contributed by atoms with Crippen LogP contribution < -0.4 is 5.32 Å². The van der Waals surface area contributed by atoms with E-state index in [1.54, 1.807) is 33.3 Å². The Bertz CT molecular complexity index is 892. The van der Waals surface area contributed by atoms with Crippen molar-refractivity contribution in [2.45, 2.75) is 110 Å². The van der Waals surface area contributed by atoms with Crippen LogP contribution in [0.25, 0.3) is 0 Å². The average molecular weight is 626 g/mol. The Morgan fingerprint density at radius 3 is 2.30 bits per heavy atom. The number of ketones is 1. The van der Waals surface area contributed by atoms with Gasteiger partial charge in [-0.1, -0.05) is 51.0 Å². The molecule has 0 radical (unpaired) electrons. The summed E-state index contributed by atoms with van der Waals surface area (Å²) in [5.41, 5.74) is 1.05. The van der Waals surface area contributed by atoms with Crippen molar-refractivity contribution in [3.63, 3.8) is 0 Å². The number of allylic oxidation sites excluding steroid dienone is 3. The van der Waals surface area contributed by atoms with E-state index in [9.17, 15) is 29.7 Å². The molecule has 4 N–H and O–H groups in total. The van der Waals surface area contributed by atoms with E-state index in [-0.39, 0.29) is 49.5 Å². The van der Waals surface area contributed by atoms with Crippen LogP contribution in [0.1, 0.15) is 85.5 Å². The molecule has 0 amide bonds. The first-order chi connectivity index (χ1) is 20.9. The van der Waals surface area contributed by atoms with E-state index < -0.39 is 36.1 Å². The highest BCUT2D eigenvalue weighted by Crippen LogP contribution is 2.25. The van der Waals surface area contributed by atoms with Gasteiger partial charge in [0.15, 0.2) is 0 Å². The largest absolute Gasteiger partial charge is 0.465 e. The van der Waals surface area contributed by atoms with E-state index in [0.29, 0.717) is 51.4 Å². The van der Waals surface area contributed by atoms with Gasteiger partial charge in [0.05, 0.1) is 31.5 Å². The SMILES string of the molecule is COC1CC(C)C/C(C)=C/[C@@H](C/C=C/CO)C(=O)CC(O)C(C)COC(=O)C(C=O)CCCCNC(O)C(C)CC(OC)C1. The molecule has 44 heavy (non-hydrogen) atoms. The number of aldehydes is 1. The Morgan fingerprint density at radius 2 is 1.66 bits per heavy atom. The fourth-order valence-electron chi connectivity index (χ4n) is 5.69. The highest BCUT2D eigenvalue weighted by molar-refractivity contribution is 5.87. The average Bonchev–Trinajstić information content (AvgIpc) is 2.99. The van der Waals surface area contributed by atoms with Crippen LogP contribution in [0.5, 0.6) is 0 Å². The lowest BCUT2D eigenvalue weighted by molar-refractivity contribution is -0.152. The number of ether oxygens (including phenoxy) is 3. The van der Waals surface area contributed by atoms with Crippen LogP contribution in [0.2, 0.25) is 0 Å².